The lowest BCUT2D eigenvalue weighted by Gasteiger charge is -2.07. The Labute approximate surface area is 92.4 Å². The summed E-state index contributed by atoms with van der Waals surface area (Å²) in [4.78, 5) is 22.0. The molecule has 0 saturated heterocycles. The van der Waals surface area contributed by atoms with E-state index in [4.69, 9.17) is 11.0 Å². The largest absolute Gasteiger partial charge is 0.468 e. The third-order valence-electron chi connectivity index (χ3n) is 2.09. The van der Waals surface area contributed by atoms with Gasteiger partial charge in [-0.2, -0.15) is 5.26 Å². The van der Waals surface area contributed by atoms with Crippen LogP contribution in [0.2, 0.25) is 0 Å². The van der Waals surface area contributed by atoms with E-state index in [0.29, 0.717) is 11.1 Å². The Morgan fingerprint density at radius 2 is 1.94 bits per heavy atom. The van der Waals surface area contributed by atoms with Gasteiger partial charge in [0.25, 0.3) is 0 Å². The van der Waals surface area contributed by atoms with Gasteiger partial charge in [-0.15, -0.1) is 0 Å². The Bertz CT molecular complexity index is 445. The second-order valence-corrected chi connectivity index (χ2v) is 3.07. The molecule has 0 heterocycles. The van der Waals surface area contributed by atoms with E-state index in [1.807, 2.05) is 6.07 Å². The lowest BCUT2D eigenvalue weighted by molar-refractivity contribution is -0.140. The van der Waals surface area contributed by atoms with Crippen LogP contribution in [0.25, 0.3) is 0 Å². The van der Waals surface area contributed by atoms with Gasteiger partial charge in [0, 0.05) is 5.56 Å². The molecular weight excluding hydrogens is 208 g/mol. The summed E-state index contributed by atoms with van der Waals surface area (Å²) < 4.78 is 4.48. The predicted molar refractivity (Wildman–Crippen MR) is 55.3 cm³/mol. The van der Waals surface area contributed by atoms with Crippen LogP contribution in [0.3, 0.4) is 0 Å². The molecule has 1 aromatic rings. The van der Waals surface area contributed by atoms with Gasteiger partial charge in [-0.3, -0.25) is 9.59 Å². The molecule has 0 aliphatic heterocycles. The standard InChI is InChI=1S/C11H10N2O3/c1-16-11(15)9(6-12)7-2-4-8(5-3-7)10(13)14/h2-5,9H,1H3,(H2,13,14). The van der Waals surface area contributed by atoms with Crippen molar-refractivity contribution < 1.29 is 14.3 Å². The van der Waals surface area contributed by atoms with E-state index in [1.54, 1.807) is 0 Å². The molecule has 2 N–H and O–H groups in total. The van der Waals surface area contributed by atoms with E-state index >= 15 is 0 Å². The molecule has 5 heteroatoms. The highest BCUT2D eigenvalue weighted by atomic mass is 16.5. The molecule has 0 aliphatic rings. The minimum Gasteiger partial charge on any atom is -0.468 e. The molecular formula is C11H10N2O3. The number of benzene rings is 1. The summed E-state index contributed by atoms with van der Waals surface area (Å²) in [5.74, 6) is -2.17. The Balaban J connectivity index is 3.01. The molecule has 82 valence electrons. The summed E-state index contributed by atoms with van der Waals surface area (Å²) in [6, 6.07) is 7.76. The van der Waals surface area contributed by atoms with Gasteiger partial charge in [0.1, 0.15) is 0 Å². The minimum atomic E-state index is -0.980. The highest BCUT2D eigenvalue weighted by molar-refractivity contribution is 5.93. The minimum absolute atomic E-state index is 0.324. The average Bonchev–Trinajstić information content (AvgIpc) is 2.30. The maximum atomic E-state index is 11.2. The summed E-state index contributed by atoms with van der Waals surface area (Å²) >= 11 is 0. The van der Waals surface area contributed by atoms with Crippen LogP contribution in [-0.4, -0.2) is 19.0 Å². The highest BCUT2D eigenvalue weighted by Gasteiger charge is 2.20. The van der Waals surface area contributed by atoms with E-state index in [0.717, 1.165) is 0 Å². The van der Waals surface area contributed by atoms with Crippen molar-refractivity contribution in [3.05, 3.63) is 35.4 Å². The Kier molecular flexibility index (Phi) is 3.62. The van der Waals surface area contributed by atoms with Gasteiger partial charge in [0.2, 0.25) is 5.91 Å². The number of ether oxygens (including phenoxy) is 1. The first-order chi connectivity index (χ1) is 7.60. The lowest BCUT2D eigenvalue weighted by Crippen LogP contribution is -2.14. The number of primary amides is 1. The molecule has 5 nitrogen and oxygen atoms in total. The number of amides is 1. The molecule has 1 unspecified atom stereocenters. The maximum absolute atomic E-state index is 11.2. The van der Waals surface area contributed by atoms with Gasteiger partial charge in [0.15, 0.2) is 5.92 Å². The van der Waals surface area contributed by atoms with Crippen LogP contribution in [0.1, 0.15) is 21.8 Å². The molecule has 0 saturated carbocycles. The number of nitriles is 1. The zero-order valence-corrected chi connectivity index (χ0v) is 8.64. The van der Waals surface area contributed by atoms with Crippen molar-refractivity contribution in [1.29, 1.82) is 5.26 Å². The molecule has 0 fully saturated rings. The van der Waals surface area contributed by atoms with E-state index in [1.165, 1.54) is 31.4 Å². The SMILES string of the molecule is COC(=O)C(C#N)c1ccc(C(N)=O)cc1. The van der Waals surface area contributed by atoms with Crippen molar-refractivity contribution in [3.63, 3.8) is 0 Å². The fraction of sp³-hybridized carbons (Fsp3) is 0.182. The Morgan fingerprint density at radius 1 is 1.38 bits per heavy atom. The van der Waals surface area contributed by atoms with Gasteiger partial charge in [-0.1, -0.05) is 12.1 Å². The summed E-state index contributed by atoms with van der Waals surface area (Å²) in [6.07, 6.45) is 0. The summed E-state index contributed by atoms with van der Waals surface area (Å²) in [7, 11) is 1.21. The maximum Gasteiger partial charge on any atom is 0.327 e. The number of esters is 1. The smallest absolute Gasteiger partial charge is 0.327 e. The van der Waals surface area contributed by atoms with E-state index in [2.05, 4.69) is 4.74 Å². The van der Waals surface area contributed by atoms with Crippen LogP contribution in [0.15, 0.2) is 24.3 Å². The van der Waals surface area contributed by atoms with Crippen molar-refractivity contribution in [2.45, 2.75) is 5.92 Å². The van der Waals surface area contributed by atoms with Gasteiger partial charge >= 0.3 is 5.97 Å². The number of hydrogen-bond donors (Lipinski definition) is 1. The molecule has 0 bridgehead atoms. The molecule has 0 aliphatic carbocycles. The van der Waals surface area contributed by atoms with Crippen LogP contribution in [0, 0.1) is 11.3 Å². The predicted octanol–water partition coefficient (Wildman–Crippen LogP) is 0.566. The summed E-state index contributed by atoms with van der Waals surface area (Å²) in [6.45, 7) is 0. The van der Waals surface area contributed by atoms with Crippen LogP contribution in [0.5, 0.6) is 0 Å². The second kappa shape index (κ2) is 4.94. The number of hydrogen-bond acceptors (Lipinski definition) is 4. The Morgan fingerprint density at radius 3 is 2.31 bits per heavy atom. The molecule has 1 amide bonds. The number of rotatable bonds is 3. The molecule has 0 aromatic heterocycles. The normalized spacial score (nSPS) is 11.2. The van der Waals surface area contributed by atoms with E-state index in [9.17, 15) is 9.59 Å². The summed E-state index contributed by atoms with van der Waals surface area (Å²) in [5, 5.41) is 8.82. The van der Waals surface area contributed by atoms with E-state index in [-0.39, 0.29) is 0 Å². The van der Waals surface area contributed by atoms with Gasteiger partial charge in [-0.05, 0) is 17.7 Å². The monoisotopic (exact) mass is 218 g/mol. The fourth-order valence-electron chi connectivity index (χ4n) is 1.22. The number of methoxy groups -OCH3 is 1. The third-order valence-corrected chi connectivity index (χ3v) is 2.09. The van der Waals surface area contributed by atoms with Crippen LogP contribution in [-0.2, 0) is 9.53 Å². The second-order valence-electron chi connectivity index (χ2n) is 3.07. The van der Waals surface area contributed by atoms with Crippen LogP contribution >= 0.6 is 0 Å². The van der Waals surface area contributed by atoms with Gasteiger partial charge in [-0.25, -0.2) is 0 Å². The Hall–Kier alpha value is -2.35. The van der Waals surface area contributed by atoms with E-state index < -0.39 is 17.8 Å². The molecule has 1 atom stereocenters. The van der Waals surface area contributed by atoms with Crippen LogP contribution < -0.4 is 5.73 Å². The third kappa shape index (κ3) is 2.36. The molecule has 16 heavy (non-hydrogen) atoms. The number of nitrogens with two attached hydrogens (primary N) is 1. The van der Waals surface area contributed by atoms with Crippen molar-refractivity contribution in [1.82, 2.24) is 0 Å². The number of nitrogens with zero attached hydrogens (tertiary/aromatic N) is 1. The lowest BCUT2D eigenvalue weighted by atomic mass is 9.99. The van der Waals surface area contributed by atoms with Crippen molar-refractivity contribution in [2.24, 2.45) is 5.73 Å². The zero-order chi connectivity index (χ0) is 12.1. The number of carbonyl (C=O) groups is 2. The first-order valence-corrected chi connectivity index (χ1v) is 4.47. The quantitative estimate of drug-likeness (QED) is 0.750. The fourth-order valence-corrected chi connectivity index (χ4v) is 1.22. The van der Waals surface area contributed by atoms with Gasteiger partial charge in [0.05, 0.1) is 13.2 Å². The van der Waals surface area contributed by atoms with Gasteiger partial charge < -0.3 is 10.5 Å². The first kappa shape index (κ1) is 11.7. The average molecular weight is 218 g/mol. The van der Waals surface area contributed by atoms with Crippen molar-refractivity contribution in [3.8, 4) is 6.07 Å². The number of carbonyl (C=O) groups excluding carboxylic acids is 2. The topological polar surface area (TPSA) is 93.2 Å². The zero-order valence-electron chi connectivity index (χ0n) is 8.64. The molecule has 0 radical (unpaired) electrons. The molecule has 1 rings (SSSR count). The van der Waals surface area contributed by atoms with Crippen molar-refractivity contribution >= 4 is 11.9 Å². The molecule has 0 spiro atoms. The highest BCUT2D eigenvalue weighted by Crippen LogP contribution is 2.17. The summed E-state index contributed by atoms with van der Waals surface area (Å²) in [5.41, 5.74) is 5.86. The first-order valence-electron chi connectivity index (χ1n) is 4.47. The molecule has 1 aromatic carbocycles. The van der Waals surface area contributed by atoms with Crippen molar-refractivity contribution in [2.75, 3.05) is 7.11 Å². The van der Waals surface area contributed by atoms with Crippen LogP contribution in [0.4, 0.5) is 0 Å².